The van der Waals surface area contributed by atoms with Gasteiger partial charge >= 0.3 is 0 Å². The van der Waals surface area contributed by atoms with Crippen LogP contribution in [0.2, 0.25) is 0 Å². The molecule has 1 aliphatic rings. The Morgan fingerprint density at radius 2 is 1.78 bits per heavy atom. The fraction of sp³-hybridized carbons (Fsp3) is 0.0769. The third kappa shape index (κ3) is 4.22. The molecule has 1 amide bonds. The zero-order valence-electron chi connectivity index (χ0n) is 17.4. The van der Waals surface area contributed by atoms with Crippen LogP contribution < -0.4 is 5.32 Å². The second-order valence-corrected chi connectivity index (χ2v) is 8.70. The van der Waals surface area contributed by atoms with Gasteiger partial charge in [0.15, 0.2) is 5.17 Å². The molecule has 6 heteroatoms. The summed E-state index contributed by atoms with van der Waals surface area (Å²) in [6, 6.07) is 22.4. The van der Waals surface area contributed by atoms with Crippen molar-refractivity contribution in [3.05, 3.63) is 106 Å². The lowest BCUT2D eigenvalue weighted by molar-refractivity contribution is -0.115. The van der Waals surface area contributed by atoms with E-state index in [0.717, 1.165) is 33.3 Å². The van der Waals surface area contributed by atoms with Crippen molar-refractivity contribution in [1.29, 1.82) is 0 Å². The van der Waals surface area contributed by atoms with Crippen LogP contribution in [0.3, 0.4) is 0 Å². The maximum Gasteiger partial charge on any atom is 0.264 e. The lowest BCUT2D eigenvalue weighted by Crippen LogP contribution is -2.19. The predicted octanol–water partition coefficient (Wildman–Crippen LogP) is 6.03. The summed E-state index contributed by atoms with van der Waals surface area (Å²) in [7, 11) is 0. The molecule has 4 nitrogen and oxygen atoms in total. The molecule has 3 aromatic carbocycles. The van der Waals surface area contributed by atoms with E-state index in [1.54, 1.807) is 12.1 Å². The van der Waals surface area contributed by atoms with Gasteiger partial charge in [-0.05, 0) is 60.7 Å². The summed E-state index contributed by atoms with van der Waals surface area (Å²) in [6.45, 7) is 2.64. The number of aliphatic imine (C=N–C) groups is 1. The van der Waals surface area contributed by atoms with Crippen LogP contribution in [-0.4, -0.2) is 15.6 Å². The van der Waals surface area contributed by atoms with Crippen molar-refractivity contribution in [2.75, 3.05) is 0 Å². The Bertz CT molecular complexity index is 1370. The normalized spacial score (nSPS) is 16.2. The molecule has 0 bridgehead atoms. The summed E-state index contributed by atoms with van der Waals surface area (Å²) in [4.78, 5) is 17.7. The minimum Gasteiger partial charge on any atom is -0.342 e. The highest BCUT2D eigenvalue weighted by atomic mass is 32.2. The number of rotatable bonds is 4. The van der Waals surface area contributed by atoms with Crippen molar-refractivity contribution >= 4 is 45.5 Å². The van der Waals surface area contributed by atoms with Gasteiger partial charge in [-0.2, -0.15) is 0 Å². The van der Waals surface area contributed by atoms with Gasteiger partial charge in [-0.3, -0.25) is 4.79 Å². The molecular formula is C26H20FN3OS. The van der Waals surface area contributed by atoms with Crippen molar-refractivity contribution in [2.45, 2.75) is 13.5 Å². The molecule has 0 saturated carbocycles. The summed E-state index contributed by atoms with van der Waals surface area (Å²) in [5.41, 5.74) is 4.98. The standard InChI is InChI=1S/C26H20FN3OS/c1-17-6-12-21(13-7-17)28-26-29-25(31)24(32-26)14-19-16-30(23-5-3-2-4-22(19)23)15-18-8-10-20(27)11-9-18/h2-14,16H,15H2,1H3,(H,28,29,31)/b24-14-. The van der Waals surface area contributed by atoms with E-state index in [9.17, 15) is 9.18 Å². The van der Waals surface area contributed by atoms with E-state index in [2.05, 4.69) is 14.9 Å². The number of nitrogens with one attached hydrogen (secondary N) is 1. The summed E-state index contributed by atoms with van der Waals surface area (Å²) >= 11 is 1.34. The topological polar surface area (TPSA) is 46.4 Å². The number of aromatic nitrogens is 1. The summed E-state index contributed by atoms with van der Waals surface area (Å²) in [5.74, 6) is -0.403. The van der Waals surface area contributed by atoms with Crippen LogP contribution in [0.4, 0.5) is 10.1 Å². The number of benzene rings is 3. The van der Waals surface area contributed by atoms with Crippen LogP contribution in [0, 0.1) is 12.7 Å². The first-order valence-corrected chi connectivity index (χ1v) is 11.1. The van der Waals surface area contributed by atoms with Crippen LogP contribution in [0.15, 0.2) is 88.9 Å². The molecule has 0 aliphatic carbocycles. The summed E-state index contributed by atoms with van der Waals surface area (Å²) in [5, 5.41) is 4.48. The number of aryl methyl sites for hydroxylation is 1. The Morgan fingerprint density at radius 3 is 2.56 bits per heavy atom. The lowest BCUT2D eigenvalue weighted by atomic mass is 10.1. The fourth-order valence-electron chi connectivity index (χ4n) is 3.67. The van der Waals surface area contributed by atoms with Gasteiger partial charge in [0.05, 0.1) is 10.6 Å². The van der Waals surface area contributed by atoms with Crippen LogP contribution >= 0.6 is 11.8 Å². The number of para-hydroxylation sites is 1. The molecule has 0 radical (unpaired) electrons. The van der Waals surface area contributed by atoms with Crippen LogP contribution in [0.25, 0.3) is 17.0 Å². The zero-order chi connectivity index (χ0) is 22.1. The molecule has 32 heavy (non-hydrogen) atoms. The Kier molecular flexibility index (Phi) is 5.37. The largest absolute Gasteiger partial charge is 0.342 e. The molecule has 1 N–H and O–H groups in total. The number of hydrogen-bond donors (Lipinski definition) is 1. The van der Waals surface area contributed by atoms with Crippen molar-refractivity contribution < 1.29 is 9.18 Å². The van der Waals surface area contributed by atoms with Gasteiger partial charge in [-0.25, -0.2) is 9.38 Å². The van der Waals surface area contributed by atoms with Gasteiger partial charge in [-0.15, -0.1) is 0 Å². The number of amides is 1. The Labute approximate surface area is 189 Å². The van der Waals surface area contributed by atoms with E-state index in [4.69, 9.17) is 0 Å². The number of fused-ring (bicyclic) bond motifs is 1. The molecule has 2 heterocycles. The van der Waals surface area contributed by atoms with E-state index in [1.165, 1.54) is 23.9 Å². The van der Waals surface area contributed by atoms with E-state index < -0.39 is 0 Å². The smallest absolute Gasteiger partial charge is 0.264 e. The van der Waals surface area contributed by atoms with Crippen LogP contribution in [-0.2, 0) is 11.3 Å². The number of nitrogens with zero attached hydrogens (tertiary/aromatic N) is 2. The number of carbonyl (C=O) groups excluding carboxylic acids is 1. The predicted molar refractivity (Wildman–Crippen MR) is 129 cm³/mol. The minimum absolute atomic E-state index is 0.156. The monoisotopic (exact) mass is 441 g/mol. The number of carbonyl (C=O) groups is 1. The zero-order valence-corrected chi connectivity index (χ0v) is 18.2. The molecule has 4 aromatic rings. The second kappa shape index (κ2) is 8.48. The molecule has 1 aliphatic heterocycles. The maximum atomic E-state index is 13.3. The molecule has 1 aromatic heterocycles. The third-order valence-electron chi connectivity index (χ3n) is 5.29. The highest BCUT2D eigenvalue weighted by Gasteiger charge is 2.24. The van der Waals surface area contributed by atoms with E-state index >= 15 is 0 Å². The molecule has 0 unspecified atom stereocenters. The molecule has 0 atom stereocenters. The third-order valence-corrected chi connectivity index (χ3v) is 6.20. The van der Waals surface area contributed by atoms with Crippen molar-refractivity contribution in [1.82, 2.24) is 9.88 Å². The maximum absolute atomic E-state index is 13.3. The van der Waals surface area contributed by atoms with E-state index in [1.807, 2.05) is 67.7 Å². The first kappa shape index (κ1) is 20.3. The second-order valence-electron chi connectivity index (χ2n) is 7.67. The minimum atomic E-state index is -0.246. The van der Waals surface area contributed by atoms with Crippen LogP contribution in [0.5, 0.6) is 0 Å². The van der Waals surface area contributed by atoms with E-state index in [-0.39, 0.29) is 11.7 Å². The van der Waals surface area contributed by atoms with Gasteiger partial charge in [0.2, 0.25) is 0 Å². The number of amidine groups is 1. The lowest BCUT2D eigenvalue weighted by Gasteiger charge is -2.05. The highest BCUT2D eigenvalue weighted by Crippen LogP contribution is 2.31. The number of thioether (sulfide) groups is 1. The van der Waals surface area contributed by atoms with Crippen molar-refractivity contribution in [3.8, 4) is 0 Å². The highest BCUT2D eigenvalue weighted by molar-refractivity contribution is 8.18. The van der Waals surface area contributed by atoms with Gasteiger partial charge in [-0.1, -0.05) is 48.0 Å². The molecule has 1 fully saturated rings. The van der Waals surface area contributed by atoms with Crippen molar-refractivity contribution in [3.63, 3.8) is 0 Å². The van der Waals surface area contributed by atoms with Gasteiger partial charge in [0, 0.05) is 29.2 Å². The Morgan fingerprint density at radius 1 is 1.03 bits per heavy atom. The van der Waals surface area contributed by atoms with Gasteiger partial charge in [0.1, 0.15) is 5.82 Å². The SMILES string of the molecule is Cc1ccc(N=C2NC(=O)/C(=C/c3cn(Cc4ccc(F)cc4)c4ccccc34)S2)cc1. The Balaban J connectivity index is 1.46. The average Bonchev–Trinajstić information content (AvgIpc) is 3.31. The van der Waals surface area contributed by atoms with Gasteiger partial charge < -0.3 is 9.88 Å². The first-order chi connectivity index (χ1) is 15.5. The molecule has 0 spiro atoms. The van der Waals surface area contributed by atoms with E-state index in [0.29, 0.717) is 16.6 Å². The molecular weight excluding hydrogens is 421 g/mol. The Hall–Kier alpha value is -3.64. The fourth-order valence-corrected chi connectivity index (χ4v) is 4.50. The summed E-state index contributed by atoms with van der Waals surface area (Å²) in [6.07, 6.45) is 3.94. The molecule has 158 valence electrons. The quantitative estimate of drug-likeness (QED) is 0.393. The van der Waals surface area contributed by atoms with Crippen molar-refractivity contribution in [2.24, 2.45) is 4.99 Å². The number of hydrogen-bond acceptors (Lipinski definition) is 3. The average molecular weight is 442 g/mol. The van der Waals surface area contributed by atoms with Gasteiger partial charge in [0.25, 0.3) is 5.91 Å². The summed E-state index contributed by atoms with van der Waals surface area (Å²) < 4.78 is 15.4. The molecule has 1 saturated heterocycles. The molecule has 5 rings (SSSR count). The first-order valence-electron chi connectivity index (χ1n) is 10.2. The van der Waals surface area contributed by atoms with Crippen LogP contribution in [0.1, 0.15) is 16.7 Å². The number of halogens is 1.